The minimum Gasteiger partial charge on any atom is -0.496 e. The Hall–Kier alpha value is -4.21. The molecule has 0 aliphatic carbocycles. The molecular formula is C24H26N4O6. The lowest BCUT2D eigenvalue weighted by molar-refractivity contribution is -0.143. The van der Waals surface area contributed by atoms with Gasteiger partial charge in [0.25, 0.3) is 11.8 Å². The van der Waals surface area contributed by atoms with E-state index in [9.17, 15) is 24.0 Å². The third-order valence-electron chi connectivity index (χ3n) is 5.19. The number of methoxy groups -OCH3 is 1. The number of benzene rings is 2. The molecule has 1 atom stereocenters. The van der Waals surface area contributed by atoms with E-state index in [-0.39, 0.29) is 17.9 Å². The number of ether oxygens (including phenoxy) is 1. The summed E-state index contributed by atoms with van der Waals surface area (Å²) >= 11 is 0. The van der Waals surface area contributed by atoms with E-state index in [4.69, 9.17) is 4.74 Å². The van der Waals surface area contributed by atoms with Crippen LogP contribution in [0.1, 0.15) is 37.6 Å². The first-order valence-corrected chi connectivity index (χ1v) is 10.7. The Bertz CT molecular complexity index is 1130. The van der Waals surface area contributed by atoms with Gasteiger partial charge in [-0.1, -0.05) is 26.0 Å². The van der Waals surface area contributed by atoms with E-state index in [1.807, 2.05) is 0 Å². The molecule has 2 N–H and O–H groups in total. The van der Waals surface area contributed by atoms with Crippen molar-refractivity contribution in [1.82, 2.24) is 10.4 Å². The van der Waals surface area contributed by atoms with Crippen LogP contribution in [0, 0.1) is 5.92 Å². The van der Waals surface area contributed by atoms with Crippen molar-refractivity contribution in [2.75, 3.05) is 17.3 Å². The Morgan fingerprint density at radius 2 is 1.71 bits per heavy atom. The van der Waals surface area contributed by atoms with Crippen LogP contribution in [0.15, 0.2) is 48.5 Å². The molecule has 1 aliphatic heterocycles. The van der Waals surface area contributed by atoms with Crippen molar-refractivity contribution in [3.05, 3.63) is 54.1 Å². The Kier molecular flexibility index (Phi) is 7.30. The van der Waals surface area contributed by atoms with Gasteiger partial charge >= 0.3 is 0 Å². The normalized spacial score (nSPS) is 15.3. The maximum absolute atomic E-state index is 13.3. The predicted molar refractivity (Wildman–Crippen MR) is 124 cm³/mol. The van der Waals surface area contributed by atoms with Crippen LogP contribution in [0.5, 0.6) is 5.75 Å². The first-order chi connectivity index (χ1) is 16.1. The monoisotopic (exact) mass is 466 g/mol. The number of carbonyl (C=O) groups is 5. The van der Waals surface area contributed by atoms with Crippen LogP contribution in [0.25, 0.3) is 0 Å². The lowest BCUT2D eigenvalue weighted by Gasteiger charge is -2.29. The zero-order valence-corrected chi connectivity index (χ0v) is 19.3. The molecule has 1 unspecified atom stereocenters. The summed E-state index contributed by atoms with van der Waals surface area (Å²) < 4.78 is 5.21. The molecule has 34 heavy (non-hydrogen) atoms. The van der Waals surface area contributed by atoms with Crippen LogP contribution >= 0.6 is 0 Å². The number of amides is 5. The second-order valence-electron chi connectivity index (χ2n) is 8.02. The number of para-hydroxylation sites is 1. The van der Waals surface area contributed by atoms with Gasteiger partial charge in [-0.2, -0.15) is 0 Å². The minimum absolute atomic E-state index is 0.175. The summed E-state index contributed by atoms with van der Waals surface area (Å²) in [7, 11) is 1.41. The van der Waals surface area contributed by atoms with Crippen molar-refractivity contribution >= 4 is 40.9 Å². The average molecular weight is 466 g/mol. The molecule has 10 nitrogen and oxygen atoms in total. The molecule has 0 bridgehead atoms. The molecule has 1 fully saturated rings. The molecular weight excluding hydrogens is 440 g/mol. The van der Waals surface area contributed by atoms with Crippen LogP contribution in [-0.4, -0.2) is 47.7 Å². The Morgan fingerprint density at radius 1 is 1.06 bits per heavy atom. The van der Waals surface area contributed by atoms with Crippen molar-refractivity contribution < 1.29 is 28.7 Å². The highest BCUT2D eigenvalue weighted by molar-refractivity contribution is 6.23. The number of nitrogens with zero attached hydrogens (tertiary/aromatic N) is 2. The zero-order valence-electron chi connectivity index (χ0n) is 19.3. The number of nitrogens with one attached hydrogen (secondary N) is 2. The Balaban J connectivity index is 1.88. The molecule has 178 valence electrons. The average Bonchev–Trinajstić information content (AvgIpc) is 3.10. The highest BCUT2D eigenvalue weighted by Crippen LogP contribution is 2.27. The van der Waals surface area contributed by atoms with Gasteiger partial charge in [0.15, 0.2) is 0 Å². The summed E-state index contributed by atoms with van der Waals surface area (Å²) in [5.74, 6) is -2.84. The summed E-state index contributed by atoms with van der Waals surface area (Å²) in [6, 6.07) is 11.4. The van der Waals surface area contributed by atoms with E-state index >= 15 is 0 Å². The van der Waals surface area contributed by atoms with Crippen LogP contribution in [0.3, 0.4) is 0 Å². The number of carbonyl (C=O) groups excluding carboxylic acids is 5. The predicted octanol–water partition coefficient (Wildman–Crippen LogP) is 2.12. The van der Waals surface area contributed by atoms with Gasteiger partial charge < -0.3 is 10.1 Å². The number of hydrogen-bond acceptors (Lipinski definition) is 6. The lowest BCUT2D eigenvalue weighted by atomic mass is 10.1. The van der Waals surface area contributed by atoms with Gasteiger partial charge in [0.1, 0.15) is 11.8 Å². The third kappa shape index (κ3) is 5.06. The second kappa shape index (κ2) is 10.2. The lowest BCUT2D eigenvalue weighted by Crippen LogP contribution is -2.56. The third-order valence-corrected chi connectivity index (χ3v) is 5.19. The SMILES string of the molecule is COc1ccccc1C(=O)NN(C(=O)C(C)C)C1CC(=O)N(c2ccc(NC(C)=O)cc2)C1=O. The van der Waals surface area contributed by atoms with Gasteiger partial charge in [0.05, 0.1) is 24.8 Å². The fourth-order valence-corrected chi connectivity index (χ4v) is 3.55. The maximum Gasteiger partial charge on any atom is 0.273 e. The second-order valence-corrected chi connectivity index (χ2v) is 8.02. The van der Waals surface area contributed by atoms with Crippen molar-refractivity contribution in [3.8, 4) is 5.75 Å². The fourth-order valence-electron chi connectivity index (χ4n) is 3.55. The molecule has 0 aromatic heterocycles. The highest BCUT2D eigenvalue weighted by atomic mass is 16.5. The summed E-state index contributed by atoms with van der Waals surface area (Å²) in [4.78, 5) is 64.1. The van der Waals surface area contributed by atoms with E-state index in [1.54, 1.807) is 44.2 Å². The van der Waals surface area contributed by atoms with E-state index in [1.165, 1.54) is 32.2 Å². The summed E-state index contributed by atoms with van der Waals surface area (Å²) in [5, 5.41) is 3.54. The Morgan fingerprint density at radius 3 is 2.29 bits per heavy atom. The number of hydrazine groups is 1. The van der Waals surface area contributed by atoms with Crippen LogP contribution < -0.4 is 20.4 Å². The summed E-state index contributed by atoms with van der Waals surface area (Å²) in [6.07, 6.45) is -0.295. The molecule has 0 spiro atoms. The van der Waals surface area contributed by atoms with Crippen LogP contribution in [-0.2, 0) is 19.2 Å². The van der Waals surface area contributed by atoms with Gasteiger partial charge in [-0.3, -0.25) is 29.4 Å². The smallest absolute Gasteiger partial charge is 0.273 e. The fraction of sp³-hybridized carbons (Fsp3) is 0.292. The molecule has 0 radical (unpaired) electrons. The number of hydrogen-bond donors (Lipinski definition) is 2. The van der Waals surface area contributed by atoms with E-state index in [0.29, 0.717) is 17.1 Å². The zero-order chi connectivity index (χ0) is 25.0. The van der Waals surface area contributed by atoms with Crippen molar-refractivity contribution in [1.29, 1.82) is 0 Å². The maximum atomic E-state index is 13.3. The van der Waals surface area contributed by atoms with E-state index in [0.717, 1.165) is 9.91 Å². The van der Waals surface area contributed by atoms with Gasteiger partial charge in [-0.25, -0.2) is 9.91 Å². The molecule has 1 saturated heterocycles. The number of rotatable bonds is 6. The quantitative estimate of drug-likeness (QED) is 0.496. The molecule has 2 aromatic rings. The van der Waals surface area contributed by atoms with Crippen LogP contribution in [0.4, 0.5) is 11.4 Å². The molecule has 10 heteroatoms. The van der Waals surface area contributed by atoms with Gasteiger partial charge in [-0.15, -0.1) is 0 Å². The van der Waals surface area contributed by atoms with Crippen molar-refractivity contribution in [3.63, 3.8) is 0 Å². The topological polar surface area (TPSA) is 125 Å². The number of anilines is 2. The molecule has 1 heterocycles. The largest absolute Gasteiger partial charge is 0.496 e. The van der Waals surface area contributed by atoms with Crippen molar-refractivity contribution in [2.45, 2.75) is 33.2 Å². The Labute approximate surface area is 196 Å². The van der Waals surface area contributed by atoms with Gasteiger partial charge in [0, 0.05) is 18.5 Å². The number of imide groups is 1. The highest BCUT2D eigenvalue weighted by Gasteiger charge is 2.45. The van der Waals surface area contributed by atoms with Crippen LogP contribution in [0.2, 0.25) is 0 Å². The summed E-state index contributed by atoms with van der Waals surface area (Å²) in [6.45, 7) is 4.63. The molecule has 5 amide bonds. The van der Waals surface area contributed by atoms with Crippen molar-refractivity contribution in [2.24, 2.45) is 5.92 Å². The van der Waals surface area contributed by atoms with E-state index < -0.39 is 35.6 Å². The van der Waals surface area contributed by atoms with E-state index in [2.05, 4.69) is 10.7 Å². The molecule has 3 rings (SSSR count). The molecule has 1 aliphatic rings. The first-order valence-electron chi connectivity index (χ1n) is 10.7. The van der Waals surface area contributed by atoms with Gasteiger partial charge in [0.2, 0.25) is 17.7 Å². The van der Waals surface area contributed by atoms with Gasteiger partial charge in [-0.05, 0) is 36.4 Å². The minimum atomic E-state index is -1.21. The first kappa shape index (κ1) is 24.4. The standard InChI is InChI=1S/C24H26N4O6/c1-14(2)23(32)28(26-22(31)18-7-5-6-8-20(18)34-4)19-13-21(30)27(24(19)33)17-11-9-16(10-12-17)25-15(3)29/h5-12,14,19H,13H2,1-4H3,(H,25,29)(H,26,31). The molecule has 0 saturated carbocycles. The molecule has 2 aromatic carbocycles. The summed E-state index contributed by atoms with van der Waals surface area (Å²) in [5.41, 5.74) is 3.48.